The molecule has 7 atom stereocenters. The fourth-order valence-corrected chi connectivity index (χ4v) is 9.81. The zero-order valence-electron chi connectivity index (χ0n) is 27.2. The molecule has 2 heterocycles. The summed E-state index contributed by atoms with van der Waals surface area (Å²) in [6, 6.07) is 37.9. The van der Waals surface area contributed by atoms with Gasteiger partial charge in [0.1, 0.15) is 12.1 Å². The Morgan fingerprint density at radius 1 is 0.854 bits per heavy atom. The molecule has 4 aromatic rings. The first-order valence-corrected chi connectivity index (χ1v) is 16.7. The van der Waals surface area contributed by atoms with E-state index >= 15 is 0 Å². The standard InChI is InChI=1S/C41H40N2O5/c1-42-36-31(22-30(28-16-8-4-9-17-28)29-18-10-5-11-19-29)33-23-35(44)41(32-20-12-13-21-34(32)43(26-47-2)39(41)46)37(36)40(33,38(42)45)25-48-24-27-14-6-3-7-15-27/h3-22,31,33,35-37,44H,23-26H2,1-2H3/t31-,33-,35-,36-,37+,40+,41-/m0/s1. The van der Waals surface area contributed by atoms with Crippen molar-refractivity contribution in [3.05, 3.63) is 144 Å². The van der Waals surface area contributed by atoms with Crippen molar-refractivity contribution in [1.82, 2.24) is 4.90 Å². The highest BCUT2D eigenvalue weighted by atomic mass is 16.5. The summed E-state index contributed by atoms with van der Waals surface area (Å²) < 4.78 is 12.1. The number of para-hydroxylation sites is 1. The third-order valence-electron chi connectivity index (χ3n) is 11.6. The summed E-state index contributed by atoms with van der Waals surface area (Å²) in [6.45, 7) is 0.558. The number of piperidine rings is 1. The Kier molecular flexibility index (Phi) is 7.59. The van der Waals surface area contributed by atoms with Crippen molar-refractivity contribution >= 4 is 23.1 Å². The molecule has 48 heavy (non-hydrogen) atoms. The number of fused-ring (bicyclic) bond motifs is 2. The fourth-order valence-electron chi connectivity index (χ4n) is 9.81. The van der Waals surface area contributed by atoms with E-state index in [1.54, 1.807) is 12.0 Å². The van der Waals surface area contributed by atoms with Crippen molar-refractivity contribution < 1.29 is 24.2 Å². The molecule has 3 fully saturated rings. The highest BCUT2D eigenvalue weighted by Crippen LogP contribution is 2.72. The zero-order valence-corrected chi connectivity index (χ0v) is 27.2. The van der Waals surface area contributed by atoms with E-state index in [0.717, 1.165) is 33.5 Å². The molecular formula is C41H40N2O5. The van der Waals surface area contributed by atoms with Crippen LogP contribution in [-0.4, -0.2) is 61.5 Å². The number of likely N-dealkylation sites (tertiary alicyclic amines) is 1. The summed E-state index contributed by atoms with van der Waals surface area (Å²) in [5.74, 6) is -1.14. The van der Waals surface area contributed by atoms with Gasteiger partial charge >= 0.3 is 0 Å². The van der Waals surface area contributed by atoms with Gasteiger partial charge in [-0.1, -0.05) is 115 Å². The van der Waals surface area contributed by atoms with Crippen LogP contribution in [0.4, 0.5) is 5.69 Å². The average Bonchev–Trinajstić information content (AvgIpc) is 3.58. The van der Waals surface area contributed by atoms with E-state index in [-0.39, 0.29) is 43.0 Å². The molecule has 1 N–H and O–H groups in total. The maximum absolute atomic E-state index is 15.0. The molecular weight excluding hydrogens is 600 g/mol. The Bertz CT molecular complexity index is 1820. The van der Waals surface area contributed by atoms with Crippen LogP contribution in [0, 0.1) is 23.2 Å². The van der Waals surface area contributed by atoms with Gasteiger partial charge in [0.05, 0.1) is 30.4 Å². The van der Waals surface area contributed by atoms with Crippen LogP contribution in [0.3, 0.4) is 0 Å². The molecule has 8 rings (SSSR count). The molecule has 1 spiro atoms. The number of nitrogens with zero attached hydrogens (tertiary/aromatic N) is 2. The third-order valence-corrected chi connectivity index (χ3v) is 11.6. The highest BCUT2D eigenvalue weighted by molar-refractivity contribution is 6.10. The lowest BCUT2D eigenvalue weighted by atomic mass is 9.51. The number of aliphatic hydroxyl groups is 1. The van der Waals surface area contributed by atoms with Gasteiger partial charge in [-0.3, -0.25) is 14.5 Å². The first-order valence-electron chi connectivity index (χ1n) is 16.7. The number of aliphatic hydroxyl groups excluding tert-OH is 1. The van der Waals surface area contributed by atoms with E-state index in [4.69, 9.17) is 9.47 Å². The van der Waals surface area contributed by atoms with Gasteiger partial charge in [0, 0.05) is 32.0 Å². The van der Waals surface area contributed by atoms with Crippen LogP contribution in [0.25, 0.3) is 5.57 Å². The minimum absolute atomic E-state index is 0.0112. The second-order valence-electron chi connectivity index (χ2n) is 13.7. The normalized spacial score (nSPS) is 29.9. The number of carbonyl (C=O) groups is 2. The lowest BCUT2D eigenvalue weighted by Gasteiger charge is -2.50. The molecule has 2 amide bonds. The molecule has 2 aliphatic heterocycles. The molecule has 4 aromatic carbocycles. The number of methoxy groups -OCH3 is 1. The van der Waals surface area contributed by atoms with Crippen LogP contribution in [0.5, 0.6) is 0 Å². The minimum Gasteiger partial charge on any atom is -0.392 e. The Morgan fingerprint density at radius 2 is 1.46 bits per heavy atom. The van der Waals surface area contributed by atoms with Gasteiger partial charge in [0.25, 0.3) is 0 Å². The van der Waals surface area contributed by atoms with Crippen molar-refractivity contribution in [1.29, 1.82) is 0 Å². The van der Waals surface area contributed by atoms with Crippen molar-refractivity contribution in [2.45, 2.75) is 30.6 Å². The minimum atomic E-state index is -1.34. The van der Waals surface area contributed by atoms with Crippen LogP contribution < -0.4 is 4.90 Å². The van der Waals surface area contributed by atoms with Crippen LogP contribution in [-0.2, 0) is 31.1 Å². The van der Waals surface area contributed by atoms with Crippen molar-refractivity contribution in [3.63, 3.8) is 0 Å². The average molecular weight is 641 g/mol. The Hall–Kier alpha value is -4.56. The topological polar surface area (TPSA) is 79.3 Å². The van der Waals surface area contributed by atoms with Crippen LogP contribution in [0.15, 0.2) is 121 Å². The van der Waals surface area contributed by atoms with E-state index in [1.807, 2.05) is 103 Å². The Balaban J connectivity index is 1.33. The van der Waals surface area contributed by atoms with Crippen LogP contribution in [0.1, 0.15) is 28.7 Å². The first kappa shape index (κ1) is 30.8. The largest absolute Gasteiger partial charge is 0.392 e. The van der Waals surface area contributed by atoms with E-state index in [0.29, 0.717) is 13.0 Å². The van der Waals surface area contributed by atoms with Gasteiger partial charge in [-0.2, -0.15) is 0 Å². The highest BCUT2D eigenvalue weighted by Gasteiger charge is 2.82. The number of amides is 2. The number of hydrogen-bond acceptors (Lipinski definition) is 5. The van der Waals surface area contributed by atoms with E-state index in [1.165, 1.54) is 0 Å². The number of rotatable bonds is 9. The molecule has 0 unspecified atom stereocenters. The summed E-state index contributed by atoms with van der Waals surface area (Å²) in [5, 5.41) is 12.4. The predicted octanol–water partition coefficient (Wildman–Crippen LogP) is 5.68. The second kappa shape index (κ2) is 11.8. The Labute approximate surface area is 281 Å². The smallest absolute Gasteiger partial charge is 0.242 e. The van der Waals surface area contributed by atoms with Gasteiger partial charge in [-0.25, -0.2) is 0 Å². The molecule has 7 nitrogen and oxygen atoms in total. The van der Waals surface area contributed by atoms with Crippen LogP contribution in [0.2, 0.25) is 0 Å². The molecule has 1 saturated heterocycles. The molecule has 4 aliphatic rings. The van der Waals surface area contributed by atoms with Crippen LogP contribution >= 0.6 is 0 Å². The Morgan fingerprint density at radius 3 is 2.10 bits per heavy atom. The van der Waals surface area contributed by atoms with Gasteiger partial charge in [0.15, 0.2) is 0 Å². The molecule has 2 saturated carbocycles. The summed E-state index contributed by atoms with van der Waals surface area (Å²) >= 11 is 0. The third kappa shape index (κ3) is 4.24. The lowest BCUT2D eigenvalue weighted by molar-refractivity contribution is -0.162. The SMILES string of the molecule is COCN1C(=O)[C@]2(c3ccccc31)[C@@H]1[C@@H]3[C@@H](C=C(c4ccccc4)c4ccccc4)[C@H](C[C@@H]2O)[C@@]1(COCc1ccccc1)C(=O)N3C. The molecule has 0 radical (unpaired) electrons. The summed E-state index contributed by atoms with van der Waals surface area (Å²) in [7, 11) is 3.43. The number of anilines is 1. The summed E-state index contributed by atoms with van der Waals surface area (Å²) in [5.41, 5.74) is 3.37. The molecule has 2 aliphatic carbocycles. The number of ether oxygens (including phenoxy) is 2. The molecule has 244 valence electrons. The second-order valence-corrected chi connectivity index (χ2v) is 13.7. The van der Waals surface area contributed by atoms with Gasteiger partial charge < -0.3 is 19.5 Å². The maximum atomic E-state index is 15.0. The number of carbonyl (C=O) groups excluding carboxylic acids is 2. The fraction of sp³-hybridized carbons (Fsp3) is 0.317. The molecule has 0 aromatic heterocycles. The molecule has 4 bridgehead atoms. The number of hydrogen-bond donors (Lipinski definition) is 1. The van der Waals surface area contributed by atoms with Crippen molar-refractivity contribution in [3.8, 4) is 0 Å². The summed E-state index contributed by atoms with van der Waals surface area (Å²) in [6.07, 6.45) is 1.61. The van der Waals surface area contributed by atoms with E-state index in [2.05, 4.69) is 30.3 Å². The van der Waals surface area contributed by atoms with E-state index in [9.17, 15) is 14.7 Å². The number of benzene rings is 4. The summed E-state index contributed by atoms with van der Waals surface area (Å²) in [4.78, 5) is 33.3. The monoisotopic (exact) mass is 640 g/mol. The maximum Gasteiger partial charge on any atom is 0.242 e. The van der Waals surface area contributed by atoms with Gasteiger partial charge in [-0.05, 0) is 46.2 Å². The van der Waals surface area contributed by atoms with Gasteiger partial charge in [-0.15, -0.1) is 0 Å². The predicted molar refractivity (Wildman–Crippen MR) is 184 cm³/mol. The first-order chi connectivity index (χ1) is 23.4. The quantitative estimate of drug-likeness (QED) is 0.255. The van der Waals surface area contributed by atoms with Gasteiger partial charge in [0.2, 0.25) is 11.8 Å². The van der Waals surface area contributed by atoms with Crippen molar-refractivity contribution in [2.24, 2.45) is 23.2 Å². The zero-order chi connectivity index (χ0) is 33.0. The lowest BCUT2D eigenvalue weighted by Crippen LogP contribution is -2.63. The van der Waals surface area contributed by atoms with Crippen molar-refractivity contribution in [2.75, 3.05) is 32.4 Å². The van der Waals surface area contributed by atoms with E-state index < -0.39 is 22.9 Å². The molecule has 7 heteroatoms.